The van der Waals surface area contributed by atoms with Crippen LogP contribution in [-0.2, 0) is 14.3 Å². The molecule has 2 amide bonds. The molecule has 0 bridgehead atoms. The Morgan fingerprint density at radius 2 is 2.03 bits per heavy atom. The molecule has 8 heteroatoms. The molecule has 8 nitrogen and oxygen atoms in total. The van der Waals surface area contributed by atoms with Crippen LogP contribution in [0.2, 0.25) is 0 Å². The van der Waals surface area contributed by atoms with Crippen LogP contribution in [0.25, 0.3) is 0 Å². The summed E-state index contributed by atoms with van der Waals surface area (Å²) in [5.74, 6) is 0.907. The van der Waals surface area contributed by atoms with Gasteiger partial charge < -0.3 is 29.6 Å². The van der Waals surface area contributed by atoms with Crippen LogP contribution in [0.3, 0.4) is 0 Å². The molecule has 3 heterocycles. The fourth-order valence-electron chi connectivity index (χ4n) is 5.05. The monoisotopic (exact) mass is 446 g/mol. The molecule has 4 rings (SSSR count). The van der Waals surface area contributed by atoms with Crippen LogP contribution in [0, 0.1) is 11.8 Å². The lowest BCUT2D eigenvalue weighted by Gasteiger charge is -2.53. The van der Waals surface area contributed by atoms with Crippen LogP contribution < -0.4 is 15.2 Å². The summed E-state index contributed by atoms with van der Waals surface area (Å²) in [5.41, 5.74) is 5.16. The Kier molecular flexibility index (Phi) is 5.77. The van der Waals surface area contributed by atoms with Crippen LogP contribution in [0.5, 0.6) is 11.5 Å². The van der Waals surface area contributed by atoms with E-state index < -0.39 is 17.1 Å². The lowest BCUT2D eigenvalue weighted by molar-refractivity contribution is -0.186. The lowest BCUT2D eigenvalue weighted by Crippen LogP contribution is -2.56. The van der Waals surface area contributed by atoms with Crippen molar-refractivity contribution in [3.8, 4) is 11.5 Å². The van der Waals surface area contributed by atoms with Crippen molar-refractivity contribution in [3.63, 3.8) is 0 Å². The van der Waals surface area contributed by atoms with Gasteiger partial charge in [-0.2, -0.15) is 0 Å². The molecule has 2 saturated heterocycles. The third kappa shape index (κ3) is 4.51. The Bertz CT molecular complexity index is 893. The maximum Gasteiger partial charge on any atom is 0.410 e. The molecular formula is C24H34N2O6. The van der Waals surface area contributed by atoms with Crippen molar-refractivity contribution in [3.05, 3.63) is 23.8 Å². The minimum Gasteiger partial charge on any atom is -0.483 e. The molecule has 4 atom stereocenters. The van der Waals surface area contributed by atoms with E-state index in [4.69, 9.17) is 24.7 Å². The number of rotatable bonds is 3. The van der Waals surface area contributed by atoms with Crippen LogP contribution in [0.1, 0.15) is 59.1 Å². The predicted molar refractivity (Wildman–Crippen MR) is 117 cm³/mol. The van der Waals surface area contributed by atoms with Crippen molar-refractivity contribution >= 4 is 12.0 Å². The largest absolute Gasteiger partial charge is 0.483 e. The molecule has 0 unspecified atom stereocenters. The van der Waals surface area contributed by atoms with E-state index in [0.717, 1.165) is 18.4 Å². The smallest absolute Gasteiger partial charge is 0.410 e. The number of nitrogens with zero attached hydrogens (tertiary/aromatic N) is 1. The van der Waals surface area contributed by atoms with Gasteiger partial charge >= 0.3 is 6.09 Å². The number of fused-ring (bicyclic) bond motifs is 4. The Morgan fingerprint density at radius 1 is 1.28 bits per heavy atom. The molecule has 2 fully saturated rings. The van der Waals surface area contributed by atoms with E-state index in [-0.39, 0.29) is 36.7 Å². The number of ether oxygens (including phenoxy) is 4. The summed E-state index contributed by atoms with van der Waals surface area (Å²) in [7, 11) is 0. The zero-order chi connectivity index (χ0) is 23.3. The molecule has 0 aromatic heterocycles. The highest BCUT2D eigenvalue weighted by atomic mass is 16.6. The van der Waals surface area contributed by atoms with Crippen molar-refractivity contribution in [2.75, 3.05) is 19.7 Å². The number of hydrogen-bond donors (Lipinski definition) is 1. The molecule has 3 aliphatic rings. The average molecular weight is 447 g/mol. The molecule has 2 N–H and O–H groups in total. The number of carbonyl (C=O) groups excluding carboxylic acids is 2. The standard InChI is InChI=1S/C24H34N2O6/c1-23(2,3)32-22(28)26-10-9-17-14(12-26)11-16-20(30-17)15-7-6-8-18(29-13-19(25)27)21(15)31-24(16,4)5/h6-8,14,16-17,20H,9-13H2,1-5H3,(H2,25,27)/t14-,16-,17-,20+/m0/s1. The van der Waals surface area contributed by atoms with Crippen LogP contribution in [0.4, 0.5) is 4.79 Å². The maximum atomic E-state index is 12.6. The topological polar surface area (TPSA) is 100 Å². The molecule has 0 saturated carbocycles. The Labute approximate surface area is 189 Å². The number of likely N-dealkylation sites (tertiary alicyclic amines) is 1. The zero-order valence-corrected chi connectivity index (χ0v) is 19.6. The van der Waals surface area contributed by atoms with Crippen molar-refractivity contribution in [1.82, 2.24) is 4.90 Å². The van der Waals surface area contributed by atoms with Gasteiger partial charge in [-0.3, -0.25) is 4.79 Å². The van der Waals surface area contributed by atoms with E-state index in [1.807, 2.05) is 32.9 Å². The summed E-state index contributed by atoms with van der Waals surface area (Å²) < 4.78 is 24.3. The first-order valence-electron chi connectivity index (χ1n) is 11.3. The summed E-state index contributed by atoms with van der Waals surface area (Å²) in [5, 5.41) is 0. The molecule has 1 aromatic rings. The molecule has 32 heavy (non-hydrogen) atoms. The van der Waals surface area contributed by atoms with Crippen LogP contribution in [0.15, 0.2) is 18.2 Å². The highest BCUT2D eigenvalue weighted by molar-refractivity contribution is 5.75. The Hall–Kier alpha value is -2.48. The molecule has 1 aromatic carbocycles. The van der Waals surface area contributed by atoms with E-state index in [9.17, 15) is 9.59 Å². The quantitative estimate of drug-likeness (QED) is 0.764. The molecule has 0 radical (unpaired) electrons. The van der Waals surface area contributed by atoms with E-state index in [2.05, 4.69) is 13.8 Å². The van der Waals surface area contributed by atoms with Gasteiger partial charge in [-0.1, -0.05) is 12.1 Å². The number of primary amides is 1. The van der Waals surface area contributed by atoms with E-state index in [0.29, 0.717) is 24.6 Å². The zero-order valence-electron chi connectivity index (χ0n) is 19.6. The molecule has 0 spiro atoms. The summed E-state index contributed by atoms with van der Waals surface area (Å²) in [6.07, 6.45) is 1.31. The highest BCUT2D eigenvalue weighted by Gasteiger charge is 2.52. The molecule has 3 aliphatic heterocycles. The van der Waals surface area contributed by atoms with E-state index in [1.165, 1.54) is 0 Å². The number of carbonyl (C=O) groups is 2. The Morgan fingerprint density at radius 3 is 2.72 bits per heavy atom. The van der Waals surface area contributed by atoms with Gasteiger partial charge in [0.1, 0.15) is 11.2 Å². The predicted octanol–water partition coefficient (Wildman–Crippen LogP) is 3.42. The Balaban J connectivity index is 1.54. The maximum absolute atomic E-state index is 12.6. The van der Waals surface area contributed by atoms with E-state index >= 15 is 0 Å². The molecule has 176 valence electrons. The second kappa shape index (κ2) is 8.14. The fourth-order valence-corrected chi connectivity index (χ4v) is 5.05. The lowest BCUT2D eigenvalue weighted by atomic mass is 9.70. The first-order chi connectivity index (χ1) is 14.9. The number of amides is 2. The average Bonchev–Trinajstić information content (AvgIpc) is 2.69. The SMILES string of the molecule is CC(C)(C)OC(=O)N1CC[C@@H]2O[C@@H]3c4cccc(OCC(N)=O)c4OC(C)(C)[C@H]3C[C@H]2C1. The van der Waals surface area contributed by atoms with Gasteiger partial charge in [0.05, 0.1) is 12.2 Å². The normalized spacial score (nSPS) is 28.5. The van der Waals surface area contributed by atoms with Crippen LogP contribution in [-0.4, -0.2) is 53.9 Å². The second-order valence-electron chi connectivity index (χ2n) is 10.5. The third-order valence-corrected chi connectivity index (χ3v) is 6.50. The second-order valence-corrected chi connectivity index (χ2v) is 10.5. The third-order valence-electron chi connectivity index (χ3n) is 6.50. The van der Waals surface area contributed by atoms with Gasteiger partial charge in [-0.15, -0.1) is 0 Å². The van der Waals surface area contributed by atoms with Crippen molar-refractivity contribution < 1.29 is 28.5 Å². The first kappa shape index (κ1) is 22.7. The number of hydrogen-bond acceptors (Lipinski definition) is 6. The van der Waals surface area contributed by atoms with Gasteiger partial charge in [-0.05, 0) is 53.5 Å². The van der Waals surface area contributed by atoms with Gasteiger partial charge in [0, 0.05) is 30.5 Å². The summed E-state index contributed by atoms with van der Waals surface area (Å²) in [6.45, 7) is 10.8. The van der Waals surface area contributed by atoms with Gasteiger partial charge in [0.25, 0.3) is 5.91 Å². The molecular weight excluding hydrogens is 412 g/mol. The van der Waals surface area contributed by atoms with Gasteiger partial charge in [0.15, 0.2) is 18.1 Å². The number of benzene rings is 1. The minimum absolute atomic E-state index is 0.0619. The van der Waals surface area contributed by atoms with Gasteiger partial charge in [-0.25, -0.2) is 4.79 Å². The number of piperidine rings is 1. The summed E-state index contributed by atoms with van der Waals surface area (Å²) in [6, 6.07) is 5.66. The van der Waals surface area contributed by atoms with Crippen molar-refractivity contribution in [2.45, 2.75) is 70.9 Å². The number of para-hydroxylation sites is 1. The fraction of sp³-hybridized carbons (Fsp3) is 0.667. The summed E-state index contributed by atoms with van der Waals surface area (Å²) in [4.78, 5) is 25.6. The summed E-state index contributed by atoms with van der Waals surface area (Å²) >= 11 is 0. The first-order valence-corrected chi connectivity index (χ1v) is 11.3. The minimum atomic E-state index is -0.538. The van der Waals surface area contributed by atoms with Crippen molar-refractivity contribution in [2.24, 2.45) is 17.6 Å². The van der Waals surface area contributed by atoms with Crippen LogP contribution >= 0.6 is 0 Å². The highest BCUT2D eigenvalue weighted by Crippen LogP contribution is 2.55. The number of nitrogens with two attached hydrogens (primary N) is 1. The van der Waals surface area contributed by atoms with Gasteiger partial charge in [0.2, 0.25) is 0 Å². The molecule has 0 aliphatic carbocycles. The van der Waals surface area contributed by atoms with Crippen molar-refractivity contribution in [1.29, 1.82) is 0 Å². The van der Waals surface area contributed by atoms with E-state index in [1.54, 1.807) is 11.0 Å².